The molecular formula is C47H68P2. The summed E-state index contributed by atoms with van der Waals surface area (Å²) in [5, 5.41) is 3.16. The fourth-order valence-electron chi connectivity index (χ4n) is 20.6. The Morgan fingerprint density at radius 3 is 0.939 bits per heavy atom. The van der Waals surface area contributed by atoms with Gasteiger partial charge in [-0.3, -0.25) is 0 Å². The van der Waals surface area contributed by atoms with Crippen molar-refractivity contribution in [1.82, 2.24) is 0 Å². The van der Waals surface area contributed by atoms with Crippen LogP contribution < -0.4 is 0 Å². The van der Waals surface area contributed by atoms with Crippen molar-refractivity contribution >= 4 is 15.8 Å². The Kier molecular flexibility index (Phi) is 6.60. The van der Waals surface area contributed by atoms with Gasteiger partial charge in [-0.05, 0) is 258 Å². The van der Waals surface area contributed by atoms with Gasteiger partial charge in [-0.25, -0.2) is 0 Å². The first-order valence-corrected chi connectivity index (χ1v) is 25.9. The molecular weight excluding hydrogens is 626 g/mol. The number of allylic oxidation sites excluding steroid dienone is 4. The highest BCUT2D eigenvalue weighted by atomic mass is 31.1. The molecule has 0 aliphatic heterocycles. The molecule has 0 aromatic carbocycles. The number of rotatable bonds is 8. The maximum Gasteiger partial charge on any atom is 0.00262 e. The molecule has 0 saturated heterocycles. The zero-order valence-electron chi connectivity index (χ0n) is 31.0. The first-order valence-electron chi connectivity index (χ1n) is 22.8. The van der Waals surface area contributed by atoms with E-state index < -0.39 is 0 Å². The zero-order valence-corrected chi connectivity index (χ0v) is 32.8. The van der Waals surface area contributed by atoms with E-state index in [1.54, 1.807) is 166 Å². The Morgan fingerprint density at radius 1 is 0.388 bits per heavy atom. The topological polar surface area (TPSA) is 0 Å². The summed E-state index contributed by atoms with van der Waals surface area (Å²) in [5.41, 5.74) is 2.04. The highest BCUT2D eigenvalue weighted by Crippen LogP contribution is 2.82. The van der Waals surface area contributed by atoms with E-state index >= 15 is 0 Å². The van der Waals surface area contributed by atoms with Gasteiger partial charge in [0, 0.05) is 5.92 Å². The monoisotopic (exact) mass is 694 g/mol. The summed E-state index contributed by atoms with van der Waals surface area (Å²) in [7, 11) is 0.163. The quantitative estimate of drug-likeness (QED) is 0.222. The first-order chi connectivity index (χ1) is 23.9. The van der Waals surface area contributed by atoms with Crippen LogP contribution in [0, 0.1) is 76.9 Å². The van der Waals surface area contributed by atoms with Crippen LogP contribution in [0.1, 0.15) is 154 Å². The van der Waals surface area contributed by atoms with Crippen LogP contribution in [0.15, 0.2) is 23.8 Å². The Morgan fingerprint density at radius 2 is 0.653 bits per heavy atom. The maximum absolute atomic E-state index is 2.86. The van der Waals surface area contributed by atoms with Crippen LogP contribution in [-0.4, -0.2) is 32.9 Å². The van der Waals surface area contributed by atoms with Gasteiger partial charge in [-0.15, -0.1) is 0 Å². The molecule has 0 amide bonds. The van der Waals surface area contributed by atoms with E-state index in [4.69, 9.17) is 0 Å². The smallest absolute Gasteiger partial charge is 0.00262 e. The van der Waals surface area contributed by atoms with E-state index in [0.717, 1.165) is 97.6 Å². The molecule has 1 atom stereocenters. The van der Waals surface area contributed by atoms with Crippen molar-refractivity contribution in [2.75, 3.05) is 12.3 Å². The van der Waals surface area contributed by atoms with Gasteiger partial charge in [0.25, 0.3) is 0 Å². The van der Waals surface area contributed by atoms with Crippen molar-refractivity contribution in [2.24, 2.45) is 76.9 Å². The SMILES string of the molecule is C1=CC(CP(C23CC4CC(CC(C4)C2)C3)C23CC4CC(CC(C4)C2)C3)C(CP(C23CC4CC(CC(C4)C2)C3)C23CC4CC(CC(C4)C2)C3)=C1. The van der Waals surface area contributed by atoms with Crippen LogP contribution in [0.5, 0.6) is 0 Å². The molecule has 266 valence electrons. The molecule has 0 spiro atoms. The van der Waals surface area contributed by atoms with Gasteiger partial charge < -0.3 is 0 Å². The van der Waals surface area contributed by atoms with Gasteiger partial charge >= 0.3 is 0 Å². The molecule has 16 fully saturated rings. The predicted octanol–water partition coefficient (Wildman–Crippen LogP) is 12.9. The molecule has 17 aliphatic rings. The van der Waals surface area contributed by atoms with E-state index in [-0.39, 0.29) is 15.8 Å². The molecule has 2 heteroatoms. The first kappa shape index (κ1) is 30.6. The van der Waals surface area contributed by atoms with Gasteiger partial charge in [0.15, 0.2) is 0 Å². The van der Waals surface area contributed by atoms with E-state index in [9.17, 15) is 0 Å². The zero-order chi connectivity index (χ0) is 31.7. The lowest BCUT2D eigenvalue weighted by Crippen LogP contribution is -2.57. The lowest BCUT2D eigenvalue weighted by Gasteiger charge is -2.68. The molecule has 1 unspecified atom stereocenters. The van der Waals surface area contributed by atoms with Crippen molar-refractivity contribution in [1.29, 1.82) is 0 Å². The number of hydrogen-bond donors (Lipinski definition) is 0. The average Bonchev–Trinajstić information content (AvgIpc) is 3.46. The van der Waals surface area contributed by atoms with Gasteiger partial charge in [0.05, 0.1) is 0 Å². The number of hydrogen-bond acceptors (Lipinski definition) is 0. The lowest BCUT2D eigenvalue weighted by molar-refractivity contribution is 0.0181. The molecule has 0 N–H and O–H groups in total. The van der Waals surface area contributed by atoms with Gasteiger partial charge in [-0.2, -0.15) is 0 Å². The minimum absolute atomic E-state index is 0.0733. The van der Waals surface area contributed by atoms with Crippen LogP contribution in [0.2, 0.25) is 0 Å². The Bertz CT molecular complexity index is 1220. The Labute approximate surface area is 302 Å². The Balaban J connectivity index is 0.865. The summed E-state index contributed by atoms with van der Waals surface area (Å²) in [4.78, 5) is 0. The highest BCUT2D eigenvalue weighted by molar-refractivity contribution is 7.61. The summed E-state index contributed by atoms with van der Waals surface area (Å²) >= 11 is 0. The van der Waals surface area contributed by atoms with E-state index in [1.807, 2.05) is 5.57 Å². The molecule has 16 saturated carbocycles. The largest absolute Gasteiger partial charge is 0.0930 e. The summed E-state index contributed by atoms with van der Waals surface area (Å²) < 4.78 is 0. The summed E-state index contributed by atoms with van der Waals surface area (Å²) in [6.07, 6.45) is 51.5. The third-order valence-corrected chi connectivity index (χ3v) is 28.4. The van der Waals surface area contributed by atoms with Gasteiger partial charge in [0.2, 0.25) is 0 Å². The van der Waals surface area contributed by atoms with Crippen molar-refractivity contribution in [3.05, 3.63) is 23.8 Å². The van der Waals surface area contributed by atoms with Crippen molar-refractivity contribution in [3.8, 4) is 0 Å². The minimum atomic E-state index is 0.0733. The molecule has 0 nitrogen and oxygen atoms in total. The van der Waals surface area contributed by atoms with Gasteiger partial charge in [-0.1, -0.05) is 39.6 Å². The molecule has 0 heterocycles. The molecule has 17 aliphatic carbocycles. The highest BCUT2D eigenvalue weighted by Gasteiger charge is 2.65. The van der Waals surface area contributed by atoms with Crippen LogP contribution in [0.4, 0.5) is 0 Å². The van der Waals surface area contributed by atoms with Crippen molar-refractivity contribution in [3.63, 3.8) is 0 Å². The fraction of sp³-hybridized carbons (Fsp3) is 0.915. The molecule has 0 aromatic rings. The second kappa shape index (κ2) is 10.5. The fourth-order valence-corrected chi connectivity index (χ4v) is 31.3. The van der Waals surface area contributed by atoms with Crippen LogP contribution in [0.25, 0.3) is 0 Å². The van der Waals surface area contributed by atoms with Crippen molar-refractivity contribution < 1.29 is 0 Å². The second-order valence-electron chi connectivity index (χ2n) is 23.5. The molecule has 0 radical (unpaired) electrons. The minimum Gasteiger partial charge on any atom is -0.0930 e. The summed E-state index contributed by atoms with van der Waals surface area (Å²) in [6, 6.07) is 0. The molecule has 17 rings (SSSR count). The molecule has 16 bridgehead atoms. The maximum atomic E-state index is 2.86. The van der Waals surface area contributed by atoms with Crippen LogP contribution in [0.3, 0.4) is 0 Å². The molecule has 49 heavy (non-hydrogen) atoms. The summed E-state index contributed by atoms with van der Waals surface area (Å²) in [5.74, 6) is 14.3. The second-order valence-corrected chi connectivity index (χ2v) is 29.7. The van der Waals surface area contributed by atoms with Gasteiger partial charge in [0.1, 0.15) is 0 Å². The van der Waals surface area contributed by atoms with E-state index in [2.05, 4.69) is 18.2 Å². The standard InChI is InChI=1S/C47H68P2/c1-2-42(28-48(44-16-30-4-31(17-44)6-32(5-30)18-44)45-19-33-7-34(20-45)9-35(8-33)21-45)43(3-1)29-49(46-22-36-10-37(23-46)12-38(11-36)24-46)47-25-39-13-40(26-47)15-41(14-39)27-47/h1-3,30-42H,4-29H2. The van der Waals surface area contributed by atoms with Crippen LogP contribution in [-0.2, 0) is 0 Å². The Hall–Kier alpha value is 0.340. The van der Waals surface area contributed by atoms with E-state index in [0.29, 0.717) is 0 Å². The third kappa shape index (κ3) is 4.59. The van der Waals surface area contributed by atoms with Crippen LogP contribution >= 0.6 is 15.8 Å². The van der Waals surface area contributed by atoms with E-state index in [1.165, 1.54) is 0 Å². The third-order valence-electron chi connectivity index (χ3n) is 20.2. The summed E-state index contributed by atoms with van der Waals surface area (Å²) in [6.45, 7) is 0. The predicted molar refractivity (Wildman–Crippen MR) is 208 cm³/mol. The average molecular weight is 695 g/mol. The molecule has 0 aromatic heterocycles. The van der Waals surface area contributed by atoms with Crippen molar-refractivity contribution in [2.45, 2.75) is 175 Å². The normalized spacial score (nSPS) is 60.5. The lowest BCUT2D eigenvalue weighted by atomic mass is 9.55.